The molecule has 0 spiro atoms. The predicted molar refractivity (Wildman–Crippen MR) is 110 cm³/mol. The lowest BCUT2D eigenvalue weighted by molar-refractivity contribution is -0.137. The van der Waals surface area contributed by atoms with E-state index in [-0.39, 0.29) is 0 Å². The number of hydrogen-bond donors (Lipinski definition) is 1. The first kappa shape index (κ1) is 23.2. The zero-order valence-corrected chi connectivity index (χ0v) is 16.1. The zero-order chi connectivity index (χ0) is 18.6. The monoisotopic (exact) mass is 344 g/mol. The van der Waals surface area contributed by atoms with Crippen molar-refractivity contribution in [3.05, 3.63) is 60.8 Å². The first-order chi connectivity index (χ1) is 12.2. The second-order valence-electron chi connectivity index (χ2n) is 6.31. The molecule has 1 unspecified atom stereocenters. The van der Waals surface area contributed by atoms with E-state index in [2.05, 4.69) is 74.6 Å². The van der Waals surface area contributed by atoms with Crippen LogP contribution in [0, 0.1) is 5.92 Å². The zero-order valence-electron chi connectivity index (χ0n) is 16.1. The Hall–Kier alpha value is -1.83. The first-order valence-corrected chi connectivity index (χ1v) is 9.67. The molecule has 1 N–H and O–H groups in total. The van der Waals surface area contributed by atoms with Crippen LogP contribution in [0.1, 0.15) is 71.6 Å². The van der Waals surface area contributed by atoms with Crippen molar-refractivity contribution in [3.63, 3.8) is 0 Å². The van der Waals surface area contributed by atoms with Gasteiger partial charge in [-0.2, -0.15) is 0 Å². The molecule has 0 aliphatic heterocycles. The molecule has 0 saturated carbocycles. The van der Waals surface area contributed by atoms with Crippen LogP contribution < -0.4 is 0 Å². The van der Waals surface area contributed by atoms with E-state index in [0.29, 0.717) is 12.3 Å². The molecule has 0 saturated heterocycles. The van der Waals surface area contributed by atoms with Gasteiger partial charge >= 0.3 is 5.97 Å². The van der Waals surface area contributed by atoms with Gasteiger partial charge in [0, 0.05) is 6.42 Å². The van der Waals surface area contributed by atoms with Crippen molar-refractivity contribution in [2.75, 3.05) is 0 Å². The standard InChI is InChI=1S/C23H36O2/c1-3-4-5-6-7-8-9-10-13-16-19-22(2)20-17-14-11-12-15-18-21-23(24)25/h4-5,7-8,10,13-14,16-17,19,22H,3,6,9,11-12,15,18,20-21H2,1-2H3,(H,24,25)/b5-4-,8-7-,13-10-,17-14-,19-16-. The van der Waals surface area contributed by atoms with Crippen molar-refractivity contribution in [1.82, 2.24) is 0 Å². The molecule has 0 bridgehead atoms. The Morgan fingerprint density at radius 1 is 0.880 bits per heavy atom. The van der Waals surface area contributed by atoms with Crippen LogP contribution in [0.15, 0.2) is 60.8 Å². The highest BCUT2D eigenvalue weighted by Gasteiger charge is 1.95. The van der Waals surface area contributed by atoms with Crippen LogP contribution in [-0.2, 0) is 4.79 Å². The minimum atomic E-state index is -0.689. The Morgan fingerprint density at radius 2 is 1.60 bits per heavy atom. The molecular weight excluding hydrogens is 308 g/mol. The Balaban J connectivity index is 3.63. The van der Waals surface area contributed by atoms with Crippen LogP contribution in [0.3, 0.4) is 0 Å². The van der Waals surface area contributed by atoms with Gasteiger partial charge in [-0.25, -0.2) is 0 Å². The third-order valence-corrected chi connectivity index (χ3v) is 3.74. The second kappa shape index (κ2) is 18.5. The van der Waals surface area contributed by atoms with Gasteiger partial charge in [-0.1, -0.05) is 81.0 Å². The van der Waals surface area contributed by atoms with Crippen molar-refractivity contribution in [1.29, 1.82) is 0 Å². The topological polar surface area (TPSA) is 37.3 Å². The van der Waals surface area contributed by atoms with Crippen LogP contribution in [0.4, 0.5) is 0 Å². The molecule has 0 aliphatic carbocycles. The maximum atomic E-state index is 10.4. The summed E-state index contributed by atoms with van der Waals surface area (Å²) >= 11 is 0. The molecule has 0 fully saturated rings. The summed E-state index contributed by atoms with van der Waals surface area (Å²) in [7, 11) is 0. The summed E-state index contributed by atoms with van der Waals surface area (Å²) in [6.07, 6.45) is 30.3. The van der Waals surface area contributed by atoms with Gasteiger partial charge in [0.2, 0.25) is 0 Å². The number of rotatable bonds is 15. The normalized spacial score (nSPS) is 14.0. The maximum Gasteiger partial charge on any atom is 0.303 e. The average molecular weight is 345 g/mol. The minimum Gasteiger partial charge on any atom is -0.481 e. The van der Waals surface area contributed by atoms with Crippen LogP contribution in [0.2, 0.25) is 0 Å². The van der Waals surface area contributed by atoms with E-state index in [1.165, 1.54) is 0 Å². The van der Waals surface area contributed by atoms with E-state index in [9.17, 15) is 4.79 Å². The molecule has 0 radical (unpaired) electrons. The van der Waals surface area contributed by atoms with Crippen LogP contribution in [0.5, 0.6) is 0 Å². The summed E-state index contributed by atoms with van der Waals surface area (Å²) in [5.74, 6) is -0.145. The van der Waals surface area contributed by atoms with Gasteiger partial charge in [-0.15, -0.1) is 0 Å². The maximum absolute atomic E-state index is 10.4. The molecule has 0 aromatic carbocycles. The van der Waals surface area contributed by atoms with E-state index in [0.717, 1.165) is 51.4 Å². The quantitative estimate of drug-likeness (QED) is 0.197. The first-order valence-electron chi connectivity index (χ1n) is 9.67. The number of aliphatic carboxylic acids is 1. The fraction of sp³-hybridized carbons (Fsp3) is 0.522. The molecule has 0 aliphatic rings. The second-order valence-corrected chi connectivity index (χ2v) is 6.31. The molecule has 0 aromatic rings. The van der Waals surface area contributed by atoms with Crippen molar-refractivity contribution in [2.24, 2.45) is 5.92 Å². The average Bonchev–Trinajstić information content (AvgIpc) is 2.58. The predicted octanol–water partition coefficient (Wildman–Crippen LogP) is 7.02. The van der Waals surface area contributed by atoms with E-state index in [1.54, 1.807) is 0 Å². The van der Waals surface area contributed by atoms with Crippen LogP contribution in [0.25, 0.3) is 0 Å². The fourth-order valence-corrected chi connectivity index (χ4v) is 2.25. The van der Waals surface area contributed by atoms with Gasteiger partial charge in [-0.3, -0.25) is 4.79 Å². The highest BCUT2D eigenvalue weighted by atomic mass is 16.4. The third-order valence-electron chi connectivity index (χ3n) is 3.74. The molecule has 1 atom stereocenters. The summed E-state index contributed by atoms with van der Waals surface area (Å²) in [5, 5.41) is 8.56. The number of carboxylic acids is 1. The molecule has 2 heteroatoms. The van der Waals surface area contributed by atoms with Crippen molar-refractivity contribution in [2.45, 2.75) is 71.6 Å². The molecular formula is C23H36O2. The fourth-order valence-electron chi connectivity index (χ4n) is 2.25. The Labute approximate surface area is 154 Å². The van der Waals surface area contributed by atoms with Gasteiger partial charge < -0.3 is 5.11 Å². The smallest absolute Gasteiger partial charge is 0.303 e. The number of hydrogen-bond acceptors (Lipinski definition) is 1. The SMILES string of the molecule is CC/C=C\C/C=C\C/C=C\C=C/C(C)C/C=C\CCCCCC(=O)O. The molecule has 2 nitrogen and oxygen atoms in total. The lowest BCUT2D eigenvalue weighted by atomic mass is 10.1. The summed E-state index contributed by atoms with van der Waals surface area (Å²) in [6, 6.07) is 0. The van der Waals surface area contributed by atoms with E-state index >= 15 is 0 Å². The molecule has 0 amide bonds. The van der Waals surface area contributed by atoms with E-state index in [4.69, 9.17) is 5.11 Å². The van der Waals surface area contributed by atoms with Gasteiger partial charge in [-0.05, 0) is 50.9 Å². The Bertz CT molecular complexity index is 453. The summed E-state index contributed by atoms with van der Waals surface area (Å²) in [4.78, 5) is 10.4. The summed E-state index contributed by atoms with van der Waals surface area (Å²) in [5.41, 5.74) is 0. The molecule has 0 heterocycles. The van der Waals surface area contributed by atoms with Crippen LogP contribution in [-0.4, -0.2) is 11.1 Å². The number of allylic oxidation sites excluding steroid dienone is 10. The third kappa shape index (κ3) is 20.1. The van der Waals surface area contributed by atoms with E-state index < -0.39 is 5.97 Å². The number of unbranched alkanes of at least 4 members (excludes halogenated alkanes) is 3. The van der Waals surface area contributed by atoms with Crippen molar-refractivity contribution < 1.29 is 9.90 Å². The molecule has 140 valence electrons. The lowest BCUT2D eigenvalue weighted by Gasteiger charge is -2.00. The minimum absolute atomic E-state index is 0.296. The van der Waals surface area contributed by atoms with Crippen LogP contribution >= 0.6 is 0 Å². The highest BCUT2D eigenvalue weighted by Crippen LogP contribution is 2.08. The van der Waals surface area contributed by atoms with Gasteiger partial charge in [0.05, 0.1) is 0 Å². The van der Waals surface area contributed by atoms with Crippen molar-refractivity contribution in [3.8, 4) is 0 Å². The molecule has 0 rings (SSSR count). The number of carboxylic acid groups (broad SMARTS) is 1. The number of carbonyl (C=O) groups is 1. The molecule has 0 aromatic heterocycles. The molecule has 25 heavy (non-hydrogen) atoms. The summed E-state index contributed by atoms with van der Waals surface area (Å²) in [6.45, 7) is 4.37. The van der Waals surface area contributed by atoms with E-state index in [1.807, 2.05) is 0 Å². The Morgan fingerprint density at radius 3 is 2.32 bits per heavy atom. The van der Waals surface area contributed by atoms with Gasteiger partial charge in [0.15, 0.2) is 0 Å². The largest absolute Gasteiger partial charge is 0.481 e. The van der Waals surface area contributed by atoms with Crippen molar-refractivity contribution >= 4 is 5.97 Å². The highest BCUT2D eigenvalue weighted by molar-refractivity contribution is 5.66. The van der Waals surface area contributed by atoms with Gasteiger partial charge in [0.25, 0.3) is 0 Å². The summed E-state index contributed by atoms with van der Waals surface area (Å²) < 4.78 is 0. The van der Waals surface area contributed by atoms with Gasteiger partial charge in [0.1, 0.15) is 0 Å². The Kier molecular flexibility index (Phi) is 17.2. The lowest BCUT2D eigenvalue weighted by Crippen LogP contribution is -1.93.